The predicted molar refractivity (Wildman–Crippen MR) is 88.0 cm³/mol. The van der Waals surface area contributed by atoms with Gasteiger partial charge in [-0.1, -0.05) is 42.5 Å². The Bertz CT molecular complexity index is 803. The van der Waals surface area contributed by atoms with E-state index in [2.05, 4.69) is 5.32 Å². The van der Waals surface area contributed by atoms with Gasteiger partial charge in [0.15, 0.2) is 5.76 Å². The Morgan fingerprint density at radius 3 is 2.50 bits per heavy atom. The summed E-state index contributed by atoms with van der Waals surface area (Å²) < 4.78 is 5.66. The lowest BCUT2D eigenvalue weighted by Gasteiger charge is -2.08. The van der Waals surface area contributed by atoms with E-state index in [1.54, 1.807) is 6.07 Å². The number of carbonyl (C=O) groups excluding carboxylic acids is 1. The van der Waals surface area contributed by atoms with Crippen LogP contribution in [0.5, 0.6) is 0 Å². The average Bonchev–Trinajstić information content (AvgIpc) is 3.02. The third kappa shape index (κ3) is 2.93. The maximum Gasteiger partial charge on any atom is 0.291 e. The van der Waals surface area contributed by atoms with Crippen molar-refractivity contribution in [3.63, 3.8) is 0 Å². The molecule has 0 aliphatic heterocycles. The van der Waals surface area contributed by atoms with Crippen LogP contribution in [0, 0.1) is 13.8 Å². The Balaban J connectivity index is 1.81. The minimum absolute atomic E-state index is 0.240. The molecule has 0 atom stereocenters. The molecule has 0 fully saturated rings. The molecule has 110 valence electrons. The van der Waals surface area contributed by atoms with Crippen LogP contribution >= 0.6 is 0 Å². The molecule has 3 aromatic rings. The highest BCUT2D eigenvalue weighted by Gasteiger charge is 2.13. The number of hydrogen-bond acceptors (Lipinski definition) is 2. The van der Waals surface area contributed by atoms with E-state index in [0.29, 0.717) is 11.5 Å². The number of furan rings is 1. The molecular formula is C19H17NO2. The molecule has 0 radical (unpaired) electrons. The second-order valence-electron chi connectivity index (χ2n) is 5.30. The zero-order valence-electron chi connectivity index (χ0n) is 12.6. The molecule has 3 nitrogen and oxygen atoms in total. The molecule has 22 heavy (non-hydrogen) atoms. The molecule has 1 heterocycles. The van der Waals surface area contributed by atoms with E-state index in [-0.39, 0.29) is 5.91 Å². The van der Waals surface area contributed by atoms with Crippen molar-refractivity contribution in [3.8, 4) is 11.3 Å². The first-order chi connectivity index (χ1) is 10.6. The Kier molecular flexibility index (Phi) is 3.79. The van der Waals surface area contributed by atoms with Gasteiger partial charge in [0.2, 0.25) is 0 Å². The minimum Gasteiger partial charge on any atom is -0.451 e. The molecule has 1 N–H and O–H groups in total. The van der Waals surface area contributed by atoms with E-state index in [0.717, 1.165) is 22.4 Å². The van der Waals surface area contributed by atoms with Crippen molar-refractivity contribution in [2.75, 3.05) is 5.32 Å². The highest BCUT2D eigenvalue weighted by atomic mass is 16.3. The number of benzene rings is 2. The summed E-state index contributed by atoms with van der Waals surface area (Å²) in [5.74, 6) is 0.752. The standard InChI is InChI=1S/C19H17NO2/c1-13-8-9-14(2)16(12-13)20-19(21)18-11-10-17(22-18)15-6-4-3-5-7-15/h3-12H,1-2H3,(H,20,21). The van der Waals surface area contributed by atoms with Gasteiger partial charge in [0.05, 0.1) is 0 Å². The summed E-state index contributed by atoms with van der Waals surface area (Å²) in [5, 5.41) is 2.90. The van der Waals surface area contributed by atoms with Crippen molar-refractivity contribution >= 4 is 11.6 Å². The van der Waals surface area contributed by atoms with E-state index >= 15 is 0 Å². The fraction of sp³-hybridized carbons (Fsp3) is 0.105. The number of carbonyl (C=O) groups is 1. The molecule has 0 bridgehead atoms. The predicted octanol–water partition coefficient (Wildman–Crippen LogP) is 4.82. The molecule has 0 unspecified atom stereocenters. The van der Waals surface area contributed by atoms with Gasteiger partial charge < -0.3 is 9.73 Å². The number of nitrogens with one attached hydrogen (secondary N) is 1. The molecule has 2 aromatic carbocycles. The largest absolute Gasteiger partial charge is 0.451 e. The normalized spacial score (nSPS) is 10.5. The van der Waals surface area contributed by atoms with Crippen molar-refractivity contribution in [3.05, 3.63) is 77.6 Å². The fourth-order valence-corrected chi connectivity index (χ4v) is 2.27. The highest BCUT2D eigenvalue weighted by Crippen LogP contribution is 2.23. The lowest BCUT2D eigenvalue weighted by molar-refractivity contribution is 0.0997. The molecule has 1 aromatic heterocycles. The van der Waals surface area contributed by atoms with Gasteiger partial charge in [0, 0.05) is 11.3 Å². The summed E-state index contributed by atoms with van der Waals surface area (Å²) in [5.41, 5.74) is 3.88. The molecule has 3 rings (SSSR count). The number of hydrogen-bond donors (Lipinski definition) is 1. The van der Waals surface area contributed by atoms with Crippen molar-refractivity contribution in [2.24, 2.45) is 0 Å². The monoisotopic (exact) mass is 291 g/mol. The quantitative estimate of drug-likeness (QED) is 0.752. The van der Waals surface area contributed by atoms with Crippen molar-refractivity contribution < 1.29 is 9.21 Å². The Morgan fingerprint density at radius 1 is 0.955 bits per heavy atom. The molecule has 0 aliphatic carbocycles. The Labute approximate surface area is 129 Å². The van der Waals surface area contributed by atoms with E-state index < -0.39 is 0 Å². The summed E-state index contributed by atoms with van der Waals surface area (Å²) in [6.07, 6.45) is 0. The summed E-state index contributed by atoms with van der Waals surface area (Å²) >= 11 is 0. The van der Waals surface area contributed by atoms with Crippen LogP contribution in [0.1, 0.15) is 21.7 Å². The van der Waals surface area contributed by atoms with Crippen molar-refractivity contribution in [1.29, 1.82) is 0 Å². The van der Waals surface area contributed by atoms with Crippen LogP contribution in [0.15, 0.2) is 65.1 Å². The molecule has 0 spiro atoms. The van der Waals surface area contributed by atoms with E-state index in [1.165, 1.54) is 0 Å². The lowest BCUT2D eigenvalue weighted by Crippen LogP contribution is -2.11. The van der Waals surface area contributed by atoms with Crippen LogP contribution in [0.3, 0.4) is 0 Å². The number of anilines is 1. The van der Waals surface area contributed by atoms with Crippen LogP contribution < -0.4 is 5.32 Å². The van der Waals surface area contributed by atoms with Gasteiger partial charge in [0.1, 0.15) is 5.76 Å². The lowest BCUT2D eigenvalue weighted by atomic mass is 10.1. The third-order valence-corrected chi connectivity index (χ3v) is 3.53. The van der Waals surface area contributed by atoms with Gasteiger partial charge in [-0.15, -0.1) is 0 Å². The Morgan fingerprint density at radius 2 is 1.73 bits per heavy atom. The zero-order chi connectivity index (χ0) is 15.5. The second-order valence-corrected chi connectivity index (χ2v) is 5.30. The fourth-order valence-electron chi connectivity index (χ4n) is 2.27. The molecular weight excluding hydrogens is 274 g/mol. The van der Waals surface area contributed by atoms with Gasteiger partial charge in [-0.2, -0.15) is 0 Å². The summed E-state index contributed by atoms with van der Waals surface area (Å²) in [6, 6.07) is 19.2. The number of rotatable bonds is 3. The highest BCUT2D eigenvalue weighted by molar-refractivity contribution is 6.03. The smallest absolute Gasteiger partial charge is 0.291 e. The maximum absolute atomic E-state index is 12.3. The first-order valence-electron chi connectivity index (χ1n) is 7.17. The molecule has 0 saturated heterocycles. The van der Waals surface area contributed by atoms with Crippen molar-refractivity contribution in [1.82, 2.24) is 0 Å². The Hall–Kier alpha value is -2.81. The second kappa shape index (κ2) is 5.90. The van der Waals surface area contributed by atoms with Crippen LogP contribution in [0.4, 0.5) is 5.69 Å². The van der Waals surface area contributed by atoms with Gasteiger partial charge in [-0.3, -0.25) is 4.79 Å². The number of amides is 1. The van der Waals surface area contributed by atoms with Crippen LogP contribution in [0.2, 0.25) is 0 Å². The van der Waals surface area contributed by atoms with Crippen molar-refractivity contribution in [2.45, 2.75) is 13.8 Å². The first kappa shape index (κ1) is 14.1. The molecule has 1 amide bonds. The van der Waals surface area contributed by atoms with Crippen LogP contribution in [0.25, 0.3) is 11.3 Å². The van der Waals surface area contributed by atoms with Gasteiger partial charge in [-0.25, -0.2) is 0 Å². The topological polar surface area (TPSA) is 42.2 Å². The molecule has 0 saturated carbocycles. The summed E-state index contributed by atoms with van der Waals surface area (Å²) in [7, 11) is 0. The summed E-state index contributed by atoms with van der Waals surface area (Å²) in [6.45, 7) is 3.96. The molecule has 0 aliphatic rings. The SMILES string of the molecule is Cc1ccc(C)c(NC(=O)c2ccc(-c3ccccc3)o2)c1. The van der Waals surface area contributed by atoms with Gasteiger partial charge >= 0.3 is 0 Å². The zero-order valence-corrected chi connectivity index (χ0v) is 12.6. The minimum atomic E-state index is -0.240. The molecule has 3 heteroatoms. The van der Waals surface area contributed by atoms with Crippen LogP contribution in [-0.2, 0) is 0 Å². The van der Waals surface area contributed by atoms with E-state index in [4.69, 9.17) is 4.42 Å². The average molecular weight is 291 g/mol. The number of aryl methyl sites for hydroxylation is 2. The van der Waals surface area contributed by atoms with Crippen LogP contribution in [-0.4, -0.2) is 5.91 Å². The van der Waals surface area contributed by atoms with Gasteiger partial charge in [-0.05, 0) is 43.2 Å². The van der Waals surface area contributed by atoms with E-state index in [9.17, 15) is 4.79 Å². The third-order valence-electron chi connectivity index (χ3n) is 3.53. The maximum atomic E-state index is 12.3. The van der Waals surface area contributed by atoms with E-state index in [1.807, 2.05) is 68.4 Å². The van der Waals surface area contributed by atoms with Gasteiger partial charge in [0.25, 0.3) is 5.91 Å². The first-order valence-corrected chi connectivity index (χ1v) is 7.17. The summed E-state index contributed by atoms with van der Waals surface area (Å²) in [4.78, 5) is 12.3.